The highest BCUT2D eigenvalue weighted by Gasteiger charge is 1.99. The van der Waals surface area contributed by atoms with Crippen molar-refractivity contribution in [2.75, 3.05) is 5.43 Å². The van der Waals surface area contributed by atoms with Crippen LogP contribution in [0.1, 0.15) is 17.0 Å². The lowest BCUT2D eigenvalue weighted by Gasteiger charge is -2.03. The Labute approximate surface area is 100 Å². The summed E-state index contributed by atoms with van der Waals surface area (Å²) < 4.78 is 0. The predicted octanol–water partition coefficient (Wildman–Crippen LogP) is 2.54. The summed E-state index contributed by atoms with van der Waals surface area (Å²) in [6.07, 6.45) is 3.49. The number of anilines is 1. The van der Waals surface area contributed by atoms with E-state index in [0.29, 0.717) is 5.82 Å². The summed E-state index contributed by atoms with van der Waals surface area (Å²) in [5.41, 5.74) is 5.64. The summed E-state index contributed by atoms with van der Waals surface area (Å²) in [5.74, 6) is 0.692. The van der Waals surface area contributed by atoms with Gasteiger partial charge in [0.15, 0.2) is 5.82 Å². The molecule has 0 fully saturated rings. The van der Waals surface area contributed by atoms with Crippen molar-refractivity contribution in [3.05, 3.63) is 53.5 Å². The largest absolute Gasteiger partial charge is 0.260 e. The smallest absolute Gasteiger partial charge is 0.168 e. The molecule has 0 radical (unpaired) electrons. The number of nitrogens with one attached hydrogen (secondary N) is 1. The molecule has 0 amide bonds. The van der Waals surface area contributed by atoms with Gasteiger partial charge in [-0.2, -0.15) is 5.10 Å². The minimum atomic E-state index is 0.692. The number of hydrogen-bond acceptors (Lipinski definition) is 4. The lowest BCUT2D eigenvalue weighted by atomic mass is 10.2. The molecular formula is C13H14N4. The summed E-state index contributed by atoms with van der Waals surface area (Å²) in [5, 5.41) is 4.14. The molecule has 0 saturated carbocycles. The van der Waals surface area contributed by atoms with Gasteiger partial charge in [0.2, 0.25) is 0 Å². The zero-order chi connectivity index (χ0) is 12.1. The van der Waals surface area contributed by atoms with Crippen molar-refractivity contribution in [3.8, 4) is 0 Å². The van der Waals surface area contributed by atoms with Crippen LogP contribution in [-0.2, 0) is 0 Å². The van der Waals surface area contributed by atoms with E-state index in [1.54, 1.807) is 12.4 Å². The van der Waals surface area contributed by atoms with Crippen LogP contribution >= 0.6 is 0 Å². The summed E-state index contributed by atoms with van der Waals surface area (Å²) in [6, 6.07) is 9.89. The van der Waals surface area contributed by atoms with Crippen LogP contribution in [0.2, 0.25) is 0 Å². The minimum Gasteiger partial charge on any atom is -0.260 e. The first kappa shape index (κ1) is 11.3. The molecule has 0 saturated heterocycles. The van der Waals surface area contributed by atoms with E-state index in [1.165, 1.54) is 0 Å². The Balaban J connectivity index is 2.07. The first-order valence-electron chi connectivity index (χ1n) is 5.40. The van der Waals surface area contributed by atoms with Crippen LogP contribution < -0.4 is 5.43 Å². The molecule has 2 aromatic rings. The van der Waals surface area contributed by atoms with E-state index in [1.807, 2.05) is 44.2 Å². The fraction of sp³-hybridized carbons (Fsp3) is 0.154. The summed E-state index contributed by atoms with van der Waals surface area (Å²) in [7, 11) is 0. The van der Waals surface area contributed by atoms with Crippen molar-refractivity contribution in [1.82, 2.24) is 9.97 Å². The SMILES string of the molecule is Cc1cnc(C)c(N/N=C/c2ccccc2)n1. The van der Waals surface area contributed by atoms with Crippen LogP contribution in [0.15, 0.2) is 41.6 Å². The number of aromatic nitrogens is 2. The van der Waals surface area contributed by atoms with Crippen molar-refractivity contribution >= 4 is 12.0 Å². The minimum absolute atomic E-state index is 0.692. The molecule has 0 aliphatic heterocycles. The molecule has 0 unspecified atom stereocenters. The van der Waals surface area contributed by atoms with Crippen molar-refractivity contribution < 1.29 is 0 Å². The van der Waals surface area contributed by atoms with E-state index in [-0.39, 0.29) is 0 Å². The molecule has 2 rings (SSSR count). The molecule has 1 N–H and O–H groups in total. The molecule has 0 aliphatic carbocycles. The van der Waals surface area contributed by atoms with Gasteiger partial charge >= 0.3 is 0 Å². The van der Waals surface area contributed by atoms with Gasteiger partial charge in [-0.1, -0.05) is 30.3 Å². The maximum atomic E-state index is 4.32. The number of hydrogen-bond donors (Lipinski definition) is 1. The average Bonchev–Trinajstić information content (AvgIpc) is 2.35. The Hall–Kier alpha value is -2.23. The van der Waals surface area contributed by atoms with Gasteiger partial charge in [-0.05, 0) is 19.4 Å². The number of benzene rings is 1. The molecule has 86 valence electrons. The first-order valence-corrected chi connectivity index (χ1v) is 5.40. The van der Waals surface area contributed by atoms with Gasteiger partial charge < -0.3 is 0 Å². The van der Waals surface area contributed by atoms with Crippen LogP contribution in [0.3, 0.4) is 0 Å². The molecule has 17 heavy (non-hydrogen) atoms. The summed E-state index contributed by atoms with van der Waals surface area (Å²) in [6.45, 7) is 3.80. The van der Waals surface area contributed by atoms with Crippen molar-refractivity contribution in [1.29, 1.82) is 0 Å². The van der Waals surface area contributed by atoms with E-state index in [9.17, 15) is 0 Å². The second-order valence-electron chi connectivity index (χ2n) is 3.73. The molecule has 0 spiro atoms. The zero-order valence-electron chi connectivity index (χ0n) is 9.88. The standard InChI is InChI=1S/C13H14N4/c1-10-8-14-11(2)13(16-10)17-15-9-12-6-4-3-5-7-12/h3-9H,1-2H3,(H,16,17)/b15-9+. The zero-order valence-corrected chi connectivity index (χ0v) is 9.88. The topological polar surface area (TPSA) is 50.2 Å². The van der Waals surface area contributed by atoms with Gasteiger partial charge in [-0.25, -0.2) is 4.98 Å². The fourth-order valence-corrected chi connectivity index (χ4v) is 1.35. The highest BCUT2D eigenvalue weighted by Crippen LogP contribution is 2.08. The van der Waals surface area contributed by atoms with Crippen LogP contribution in [0, 0.1) is 13.8 Å². The number of hydrazone groups is 1. The molecule has 0 bridgehead atoms. The Bertz CT molecular complexity index is 520. The predicted molar refractivity (Wildman–Crippen MR) is 69.2 cm³/mol. The third-order valence-corrected chi connectivity index (χ3v) is 2.26. The maximum absolute atomic E-state index is 4.32. The molecule has 1 aromatic heterocycles. The number of rotatable bonds is 3. The molecule has 1 heterocycles. The van der Waals surface area contributed by atoms with Gasteiger partial charge in [-0.3, -0.25) is 10.4 Å². The normalized spacial score (nSPS) is 10.7. The molecule has 0 atom stereocenters. The Morgan fingerprint density at radius 1 is 1.18 bits per heavy atom. The lowest BCUT2D eigenvalue weighted by Crippen LogP contribution is -1.99. The van der Waals surface area contributed by atoms with Crippen molar-refractivity contribution in [3.63, 3.8) is 0 Å². The third-order valence-electron chi connectivity index (χ3n) is 2.26. The first-order chi connectivity index (χ1) is 8.25. The van der Waals surface area contributed by atoms with Gasteiger partial charge in [0.05, 0.1) is 17.6 Å². The summed E-state index contributed by atoms with van der Waals surface area (Å²) in [4.78, 5) is 8.52. The molecule has 4 nitrogen and oxygen atoms in total. The van der Waals surface area contributed by atoms with Gasteiger partial charge in [0.25, 0.3) is 0 Å². The second kappa shape index (κ2) is 5.21. The highest BCUT2D eigenvalue weighted by atomic mass is 15.3. The molecule has 1 aromatic carbocycles. The highest BCUT2D eigenvalue weighted by molar-refractivity contribution is 5.79. The number of aryl methyl sites for hydroxylation is 2. The third kappa shape index (κ3) is 3.11. The van der Waals surface area contributed by atoms with Crippen molar-refractivity contribution in [2.45, 2.75) is 13.8 Å². The van der Waals surface area contributed by atoms with Gasteiger partial charge in [0, 0.05) is 6.20 Å². The van der Waals surface area contributed by atoms with Gasteiger partial charge in [-0.15, -0.1) is 0 Å². The average molecular weight is 226 g/mol. The quantitative estimate of drug-likeness (QED) is 0.646. The number of nitrogens with zero attached hydrogens (tertiary/aromatic N) is 3. The van der Waals surface area contributed by atoms with E-state index < -0.39 is 0 Å². The molecule has 0 aliphatic rings. The van der Waals surface area contributed by atoms with E-state index in [4.69, 9.17) is 0 Å². The Morgan fingerprint density at radius 2 is 1.94 bits per heavy atom. The molecular weight excluding hydrogens is 212 g/mol. The molecule has 4 heteroatoms. The van der Waals surface area contributed by atoms with Gasteiger partial charge in [0.1, 0.15) is 0 Å². The summed E-state index contributed by atoms with van der Waals surface area (Å²) >= 11 is 0. The Kier molecular flexibility index (Phi) is 3.45. The van der Waals surface area contributed by atoms with Crippen molar-refractivity contribution in [2.24, 2.45) is 5.10 Å². The Morgan fingerprint density at radius 3 is 2.71 bits per heavy atom. The lowest BCUT2D eigenvalue weighted by molar-refractivity contribution is 1.05. The fourth-order valence-electron chi connectivity index (χ4n) is 1.35. The monoisotopic (exact) mass is 226 g/mol. The van der Waals surface area contributed by atoms with Crippen LogP contribution in [0.25, 0.3) is 0 Å². The van der Waals surface area contributed by atoms with Crippen LogP contribution in [-0.4, -0.2) is 16.2 Å². The maximum Gasteiger partial charge on any atom is 0.168 e. The van der Waals surface area contributed by atoms with E-state index in [0.717, 1.165) is 17.0 Å². The second-order valence-corrected chi connectivity index (χ2v) is 3.73. The van der Waals surface area contributed by atoms with E-state index >= 15 is 0 Å². The van der Waals surface area contributed by atoms with E-state index in [2.05, 4.69) is 20.5 Å². The van der Waals surface area contributed by atoms with Crippen LogP contribution in [0.4, 0.5) is 5.82 Å². The van der Waals surface area contributed by atoms with Crippen LogP contribution in [0.5, 0.6) is 0 Å².